The van der Waals surface area contributed by atoms with Crippen LogP contribution in [0.15, 0.2) is 42.5 Å². The van der Waals surface area contributed by atoms with Gasteiger partial charge in [-0.1, -0.05) is 42.5 Å². The van der Waals surface area contributed by atoms with Crippen LogP contribution in [0.1, 0.15) is 11.6 Å². The summed E-state index contributed by atoms with van der Waals surface area (Å²) in [6.07, 6.45) is 1.80. The highest BCUT2D eigenvalue weighted by atomic mass is 35.5. The Hall–Kier alpha value is -1.38. The highest BCUT2D eigenvalue weighted by molar-refractivity contribution is 5.88. The number of rotatable bonds is 2. The second-order valence-electron chi connectivity index (χ2n) is 3.16. The Labute approximate surface area is 94.5 Å². The summed E-state index contributed by atoms with van der Waals surface area (Å²) in [5.41, 5.74) is 6.47. The van der Waals surface area contributed by atoms with Crippen molar-refractivity contribution in [3.63, 3.8) is 0 Å². The second kappa shape index (κ2) is 4.91. The van der Waals surface area contributed by atoms with Crippen LogP contribution in [0.2, 0.25) is 0 Å². The molecule has 1 radical (unpaired) electrons. The lowest BCUT2D eigenvalue weighted by Gasteiger charge is -2.07. The van der Waals surface area contributed by atoms with Gasteiger partial charge in [0.15, 0.2) is 0 Å². The van der Waals surface area contributed by atoms with Crippen molar-refractivity contribution < 1.29 is 4.79 Å². The van der Waals surface area contributed by atoms with Crippen molar-refractivity contribution in [3.8, 4) is 0 Å². The standard InChI is InChI=1S/C12H10NO.ClH/c13-12(8-14)11-7-3-5-9-4-1-2-6-10(9)11;/h1-7,12H,13H2;1H. The lowest BCUT2D eigenvalue weighted by molar-refractivity contribution is 0.544. The van der Waals surface area contributed by atoms with Gasteiger partial charge in [-0.2, -0.15) is 0 Å². The summed E-state index contributed by atoms with van der Waals surface area (Å²) in [5, 5.41) is 2.11. The fraction of sp³-hybridized carbons (Fsp3) is 0.0833. The molecule has 2 N–H and O–H groups in total. The number of benzene rings is 2. The molecule has 2 rings (SSSR count). The van der Waals surface area contributed by atoms with E-state index >= 15 is 0 Å². The third-order valence-electron chi connectivity index (χ3n) is 2.29. The molecule has 0 aliphatic carbocycles. The predicted octanol–water partition coefficient (Wildman–Crippen LogP) is 2.37. The molecule has 2 nitrogen and oxygen atoms in total. The normalized spacial score (nSPS) is 11.8. The molecular formula is C12H11ClNO. The second-order valence-corrected chi connectivity index (χ2v) is 3.16. The topological polar surface area (TPSA) is 43.1 Å². The molecule has 77 valence electrons. The molecule has 1 unspecified atom stereocenters. The summed E-state index contributed by atoms with van der Waals surface area (Å²) in [6, 6.07) is 13.0. The fourth-order valence-corrected chi connectivity index (χ4v) is 1.59. The summed E-state index contributed by atoms with van der Waals surface area (Å²) in [6.45, 7) is 0. The summed E-state index contributed by atoms with van der Waals surface area (Å²) in [7, 11) is 0. The minimum atomic E-state index is -0.652. The van der Waals surface area contributed by atoms with Crippen LogP contribution in [0, 0.1) is 0 Å². The zero-order valence-corrected chi connectivity index (χ0v) is 8.83. The zero-order valence-electron chi connectivity index (χ0n) is 8.01. The molecule has 2 aromatic rings. The van der Waals surface area contributed by atoms with Gasteiger partial charge in [0, 0.05) is 0 Å². The number of nitrogens with two attached hydrogens (primary N) is 1. The highest BCUT2D eigenvalue weighted by Crippen LogP contribution is 2.21. The van der Waals surface area contributed by atoms with Gasteiger partial charge < -0.3 is 5.73 Å². The summed E-state index contributed by atoms with van der Waals surface area (Å²) < 4.78 is 0. The molecule has 0 heterocycles. The minimum absolute atomic E-state index is 0. The van der Waals surface area contributed by atoms with E-state index in [1.165, 1.54) is 0 Å². The van der Waals surface area contributed by atoms with E-state index in [0.717, 1.165) is 16.3 Å². The molecule has 1 atom stereocenters. The maximum atomic E-state index is 10.5. The van der Waals surface area contributed by atoms with Gasteiger partial charge in [0.1, 0.15) is 0 Å². The van der Waals surface area contributed by atoms with Crippen molar-refractivity contribution in [3.05, 3.63) is 48.0 Å². The van der Waals surface area contributed by atoms with Crippen LogP contribution in [0.5, 0.6) is 0 Å². The smallest absolute Gasteiger partial charge is 0.221 e. The monoisotopic (exact) mass is 220 g/mol. The molecule has 3 heteroatoms. The van der Waals surface area contributed by atoms with E-state index < -0.39 is 6.04 Å². The van der Waals surface area contributed by atoms with Crippen LogP contribution < -0.4 is 5.73 Å². The largest absolute Gasteiger partial charge is 0.317 e. The van der Waals surface area contributed by atoms with E-state index in [4.69, 9.17) is 5.73 Å². The van der Waals surface area contributed by atoms with Crippen molar-refractivity contribution in [1.29, 1.82) is 0 Å². The van der Waals surface area contributed by atoms with Gasteiger partial charge in [-0.3, -0.25) is 4.79 Å². The van der Waals surface area contributed by atoms with Crippen molar-refractivity contribution >= 4 is 29.5 Å². The van der Waals surface area contributed by atoms with Crippen LogP contribution in [-0.2, 0) is 4.79 Å². The molecule has 0 fully saturated rings. The predicted molar refractivity (Wildman–Crippen MR) is 63.8 cm³/mol. The van der Waals surface area contributed by atoms with E-state index in [1.54, 1.807) is 6.29 Å². The average Bonchev–Trinajstić information content (AvgIpc) is 2.27. The number of carbonyl (C=O) groups excluding carboxylic acids is 1. The Morgan fingerprint density at radius 2 is 1.73 bits per heavy atom. The third-order valence-corrected chi connectivity index (χ3v) is 2.29. The van der Waals surface area contributed by atoms with E-state index in [1.807, 2.05) is 42.5 Å². The van der Waals surface area contributed by atoms with Crippen LogP contribution in [-0.4, -0.2) is 6.29 Å². The van der Waals surface area contributed by atoms with Gasteiger partial charge in [-0.05, 0) is 16.3 Å². The lowest BCUT2D eigenvalue weighted by atomic mass is 10.0. The zero-order chi connectivity index (χ0) is 9.97. The van der Waals surface area contributed by atoms with Gasteiger partial charge in [0.2, 0.25) is 6.29 Å². The molecule has 0 aromatic heterocycles. The first-order chi connectivity index (χ1) is 6.83. The molecule has 0 spiro atoms. The Balaban J connectivity index is 0.00000112. The van der Waals surface area contributed by atoms with Crippen LogP contribution >= 0.6 is 12.4 Å². The Bertz CT molecular complexity index is 465. The number of fused-ring (bicyclic) bond motifs is 1. The average molecular weight is 221 g/mol. The van der Waals surface area contributed by atoms with E-state index in [9.17, 15) is 4.79 Å². The molecule has 0 saturated heterocycles. The Morgan fingerprint density at radius 1 is 1.07 bits per heavy atom. The van der Waals surface area contributed by atoms with E-state index in [-0.39, 0.29) is 12.4 Å². The third kappa shape index (κ3) is 2.17. The molecule has 0 amide bonds. The summed E-state index contributed by atoms with van der Waals surface area (Å²) >= 11 is 0. The summed E-state index contributed by atoms with van der Waals surface area (Å²) in [4.78, 5) is 10.5. The quantitative estimate of drug-likeness (QED) is 0.845. The van der Waals surface area contributed by atoms with Gasteiger partial charge in [0.25, 0.3) is 0 Å². The molecule has 0 saturated carbocycles. The van der Waals surface area contributed by atoms with Gasteiger partial charge in [0.05, 0.1) is 6.04 Å². The number of halogens is 1. The van der Waals surface area contributed by atoms with E-state index in [0.29, 0.717) is 0 Å². The molecule has 2 aromatic carbocycles. The van der Waals surface area contributed by atoms with Gasteiger partial charge >= 0.3 is 0 Å². The molecular weight excluding hydrogens is 210 g/mol. The van der Waals surface area contributed by atoms with Crippen LogP contribution in [0.25, 0.3) is 10.8 Å². The Kier molecular flexibility index (Phi) is 3.83. The maximum absolute atomic E-state index is 10.5. The fourth-order valence-electron chi connectivity index (χ4n) is 1.59. The number of hydrogen-bond acceptors (Lipinski definition) is 2. The molecule has 0 aliphatic heterocycles. The first-order valence-electron chi connectivity index (χ1n) is 4.44. The molecule has 0 bridgehead atoms. The van der Waals surface area contributed by atoms with Crippen LogP contribution in [0.3, 0.4) is 0 Å². The van der Waals surface area contributed by atoms with Crippen molar-refractivity contribution in [2.45, 2.75) is 6.04 Å². The van der Waals surface area contributed by atoms with Gasteiger partial charge in [-0.15, -0.1) is 12.4 Å². The maximum Gasteiger partial charge on any atom is 0.221 e. The Morgan fingerprint density at radius 3 is 2.47 bits per heavy atom. The van der Waals surface area contributed by atoms with Crippen molar-refractivity contribution in [2.24, 2.45) is 5.73 Å². The molecule has 0 aliphatic rings. The number of hydrogen-bond donors (Lipinski definition) is 1. The highest BCUT2D eigenvalue weighted by Gasteiger charge is 2.08. The van der Waals surface area contributed by atoms with Gasteiger partial charge in [-0.25, -0.2) is 0 Å². The first kappa shape index (κ1) is 11.7. The van der Waals surface area contributed by atoms with Crippen molar-refractivity contribution in [1.82, 2.24) is 0 Å². The minimum Gasteiger partial charge on any atom is -0.317 e. The van der Waals surface area contributed by atoms with Crippen LogP contribution in [0.4, 0.5) is 0 Å². The summed E-state index contributed by atoms with van der Waals surface area (Å²) in [5.74, 6) is 0. The van der Waals surface area contributed by atoms with Crippen molar-refractivity contribution in [2.75, 3.05) is 0 Å². The lowest BCUT2D eigenvalue weighted by Crippen LogP contribution is -2.11. The van der Waals surface area contributed by atoms with E-state index in [2.05, 4.69) is 0 Å². The first-order valence-corrected chi connectivity index (χ1v) is 4.44. The molecule has 15 heavy (non-hydrogen) atoms. The SMILES string of the molecule is Cl.NC([C]=O)c1cccc2ccccc12.